The molecule has 10 heteroatoms. The minimum Gasteiger partial charge on any atom is -0.497 e. The Kier molecular flexibility index (Phi) is 14.6. The molecule has 10 nitrogen and oxygen atoms in total. The smallest absolute Gasteiger partial charge is 0.247 e. The van der Waals surface area contributed by atoms with Gasteiger partial charge in [0.25, 0.3) is 0 Å². The normalized spacial score (nSPS) is 19.5. The summed E-state index contributed by atoms with van der Waals surface area (Å²) >= 11 is 0. The second-order valence-electron chi connectivity index (χ2n) is 12.8. The molecule has 4 rings (SSSR count). The number of aliphatic hydroxyl groups is 3. The molecule has 0 fully saturated rings. The van der Waals surface area contributed by atoms with E-state index in [0.29, 0.717) is 47.6 Å². The van der Waals surface area contributed by atoms with E-state index in [2.05, 4.69) is 12.2 Å². The highest BCUT2D eigenvalue weighted by atomic mass is 16.5. The van der Waals surface area contributed by atoms with E-state index in [1.165, 1.54) is 39.2 Å². The summed E-state index contributed by atoms with van der Waals surface area (Å²) < 4.78 is 17.3. The van der Waals surface area contributed by atoms with Crippen LogP contribution in [0.1, 0.15) is 93.7 Å². The summed E-state index contributed by atoms with van der Waals surface area (Å²) in [5.41, 5.74) is 2.52. The summed E-state index contributed by atoms with van der Waals surface area (Å²) in [6, 6.07) is 10.3. The van der Waals surface area contributed by atoms with Gasteiger partial charge < -0.3 is 39.7 Å². The average Bonchev–Trinajstić information content (AvgIpc) is 3.50. The van der Waals surface area contributed by atoms with Gasteiger partial charge in [-0.3, -0.25) is 9.59 Å². The summed E-state index contributed by atoms with van der Waals surface area (Å²) in [6.45, 7) is 2.10. The van der Waals surface area contributed by atoms with E-state index in [9.17, 15) is 24.9 Å². The molecule has 264 valence electrons. The number of benzene rings is 2. The van der Waals surface area contributed by atoms with E-state index >= 15 is 0 Å². The predicted octanol–water partition coefficient (Wildman–Crippen LogP) is 4.81. The molecule has 2 aromatic carbocycles. The Hall–Kier alpha value is -3.60. The topological polar surface area (TPSA) is 138 Å². The maximum atomic E-state index is 14.0. The largest absolute Gasteiger partial charge is 0.497 e. The van der Waals surface area contributed by atoms with E-state index in [1.807, 2.05) is 24.3 Å². The lowest BCUT2D eigenvalue weighted by Gasteiger charge is -2.41. The second kappa shape index (κ2) is 18.8. The number of carbonyl (C=O) groups is 2. The Bertz CT molecular complexity index is 1380. The monoisotopic (exact) mass is 666 g/mol. The maximum absolute atomic E-state index is 14.0. The average molecular weight is 667 g/mol. The zero-order chi connectivity index (χ0) is 34.5. The second-order valence-corrected chi connectivity index (χ2v) is 12.8. The molecule has 1 aliphatic carbocycles. The van der Waals surface area contributed by atoms with Crippen LogP contribution in [0.3, 0.4) is 0 Å². The van der Waals surface area contributed by atoms with E-state index in [-0.39, 0.29) is 25.7 Å². The molecule has 4 N–H and O–H groups in total. The Morgan fingerprint density at radius 3 is 2.33 bits per heavy atom. The molecule has 2 amide bonds. The SMILES string of the molecule is CCCCCCCCCCCC(=O)N(CCc1cccc(OC)c1)C1C=C(C(=O)NCCO)C2c3cc(CO)cc(OC)c3OC2C1O. The molecule has 0 spiro atoms. The summed E-state index contributed by atoms with van der Waals surface area (Å²) in [4.78, 5) is 29.4. The van der Waals surface area contributed by atoms with Crippen molar-refractivity contribution in [2.45, 2.75) is 108 Å². The van der Waals surface area contributed by atoms with Crippen LogP contribution < -0.4 is 19.5 Å². The number of methoxy groups -OCH3 is 2. The summed E-state index contributed by atoms with van der Waals surface area (Å²) in [5.74, 6) is 0.329. The lowest BCUT2D eigenvalue weighted by Crippen LogP contribution is -2.56. The Morgan fingerprint density at radius 2 is 1.67 bits per heavy atom. The van der Waals surface area contributed by atoms with Gasteiger partial charge in [0.05, 0.1) is 39.4 Å². The van der Waals surface area contributed by atoms with Crippen molar-refractivity contribution >= 4 is 11.8 Å². The van der Waals surface area contributed by atoms with Crippen molar-refractivity contribution in [3.8, 4) is 17.2 Å². The molecule has 4 atom stereocenters. The minimum atomic E-state index is -1.16. The molecule has 0 saturated heterocycles. The zero-order valence-corrected chi connectivity index (χ0v) is 28.8. The fraction of sp³-hybridized carbons (Fsp3) is 0.579. The lowest BCUT2D eigenvalue weighted by molar-refractivity contribution is -0.137. The molecule has 0 bridgehead atoms. The summed E-state index contributed by atoms with van der Waals surface area (Å²) in [7, 11) is 3.11. The first-order chi connectivity index (χ1) is 23.4. The molecule has 2 aliphatic rings. The third kappa shape index (κ3) is 9.30. The van der Waals surface area contributed by atoms with Crippen LogP contribution in [0.25, 0.3) is 0 Å². The van der Waals surface area contributed by atoms with E-state index in [0.717, 1.165) is 37.0 Å². The highest BCUT2D eigenvalue weighted by Crippen LogP contribution is 2.51. The van der Waals surface area contributed by atoms with E-state index in [4.69, 9.17) is 14.2 Å². The van der Waals surface area contributed by atoms with Gasteiger partial charge >= 0.3 is 0 Å². The number of ether oxygens (including phenoxy) is 3. The van der Waals surface area contributed by atoms with Crippen molar-refractivity contribution in [2.75, 3.05) is 33.9 Å². The number of hydrogen-bond acceptors (Lipinski definition) is 8. The van der Waals surface area contributed by atoms with Crippen molar-refractivity contribution in [3.05, 3.63) is 64.7 Å². The Labute approximate surface area is 285 Å². The molecule has 0 radical (unpaired) electrons. The molecule has 2 aromatic rings. The van der Waals surface area contributed by atoms with Crippen molar-refractivity contribution in [2.24, 2.45) is 0 Å². The number of nitrogens with one attached hydrogen (secondary N) is 1. The van der Waals surface area contributed by atoms with Gasteiger partial charge in [0.1, 0.15) is 18.0 Å². The molecular formula is C38H54N2O8. The van der Waals surface area contributed by atoms with Gasteiger partial charge in [-0.25, -0.2) is 0 Å². The number of unbranched alkanes of at least 4 members (excludes halogenated alkanes) is 8. The van der Waals surface area contributed by atoms with Crippen LogP contribution in [0.4, 0.5) is 0 Å². The molecule has 48 heavy (non-hydrogen) atoms. The number of hydrogen-bond donors (Lipinski definition) is 4. The number of amides is 2. The number of rotatable bonds is 20. The van der Waals surface area contributed by atoms with Gasteiger partial charge in [-0.1, -0.05) is 70.4 Å². The fourth-order valence-electron chi connectivity index (χ4n) is 6.87. The Balaban J connectivity index is 1.61. The predicted molar refractivity (Wildman–Crippen MR) is 184 cm³/mol. The quantitative estimate of drug-likeness (QED) is 0.148. The van der Waals surface area contributed by atoms with Gasteiger partial charge in [-0.2, -0.15) is 0 Å². The summed E-state index contributed by atoms with van der Waals surface area (Å²) in [6.07, 6.45) is 10.7. The van der Waals surface area contributed by atoms with Gasteiger partial charge in [0.15, 0.2) is 11.5 Å². The van der Waals surface area contributed by atoms with Crippen molar-refractivity contribution in [1.29, 1.82) is 0 Å². The van der Waals surface area contributed by atoms with E-state index < -0.39 is 30.1 Å². The molecule has 0 saturated carbocycles. The molecule has 1 aliphatic heterocycles. The highest BCUT2D eigenvalue weighted by Gasteiger charge is 2.51. The van der Waals surface area contributed by atoms with Crippen LogP contribution >= 0.6 is 0 Å². The van der Waals surface area contributed by atoms with Crippen LogP contribution in [-0.2, 0) is 22.6 Å². The Morgan fingerprint density at radius 1 is 0.938 bits per heavy atom. The lowest BCUT2D eigenvalue weighted by atomic mass is 9.77. The maximum Gasteiger partial charge on any atom is 0.247 e. The number of aliphatic hydroxyl groups excluding tert-OH is 3. The van der Waals surface area contributed by atoms with Crippen molar-refractivity contribution in [3.63, 3.8) is 0 Å². The number of nitrogens with zero attached hydrogens (tertiary/aromatic N) is 1. The van der Waals surface area contributed by atoms with Gasteiger partial charge in [-0.15, -0.1) is 0 Å². The third-order valence-corrected chi connectivity index (χ3v) is 9.44. The van der Waals surface area contributed by atoms with Gasteiger partial charge in [-0.05, 0) is 54.3 Å². The minimum absolute atomic E-state index is 0.0472. The van der Waals surface area contributed by atoms with Crippen molar-refractivity contribution in [1.82, 2.24) is 10.2 Å². The molecule has 4 unspecified atom stereocenters. The van der Waals surface area contributed by atoms with Crippen LogP contribution in [0.5, 0.6) is 17.2 Å². The summed E-state index contributed by atoms with van der Waals surface area (Å²) in [5, 5.41) is 34.1. The fourth-order valence-corrected chi connectivity index (χ4v) is 6.87. The number of carbonyl (C=O) groups excluding carboxylic acids is 2. The number of fused-ring (bicyclic) bond motifs is 3. The first-order valence-electron chi connectivity index (χ1n) is 17.6. The van der Waals surface area contributed by atoms with Gasteiger partial charge in [0.2, 0.25) is 11.8 Å². The van der Waals surface area contributed by atoms with Crippen LogP contribution in [-0.4, -0.2) is 84.2 Å². The standard InChI is InChI=1S/C38H54N2O8/c1-4-5-6-7-8-9-10-11-12-16-33(43)40(19-17-26-14-13-15-28(21-26)46-2)31-24-30(38(45)39-18-20-41)34-29-22-27(25-42)23-32(47-3)36(29)48-37(34)35(31)44/h13-15,21-24,31,34-35,37,41-42,44H,4-12,16-20,25H2,1-3H3,(H,39,45). The van der Waals surface area contributed by atoms with Crippen LogP contribution in [0.15, 0.2) is 48.0 Å². The van der Waals surface area contributed by atoms with Crippen LogP contribution in [0.2, 0.25) is 0 Å². The molecule has 1 heterocycles. The first kappa shape index (κ1) is 37.2. The zero-order valence-electron chi connectivity index (χ0n) is 28.8. The molecular weight excluding hydrogens is 612 g/mol. The van der Waals surface area contributed by atoms with Crippen LogP contribution in [0, 0.1) is 0 Å². The van der Waals surface area contributed by atoms with Crippen molar-refractivity contribution < 1.29 is 39.1 Å². The highest BCUT2D eigenvalue weighted by molar-refractivity contribution is 5.96. The third-order valence-electron chi connectivity index (χ3n) is 9.44. The van der Waals surface area contributed by atoms with E-state index in [1.54, 1.807) is 30.2 Å². The first-order valence-corrected chi connectivity index (χ1v) is 17.6. The van der Waals surface area contributed by atoms with Gasteiger partial charge in [0, 0.05) is 30.6 Å². The molecule has 0 aromatic heterocycles.